The molecule has 1 aromatic carbocycles. The summed E-state index contributed by atoms with van der Waals surface area (Å²) in [6, 6.07) is 6.45. The van der Waals surface area contributed by atoms with Crippen LogP contribution in [0.15, 0.2) is 29.6 Å². The number of anilines is 1. The van der Waals surface area contributed by atoms with Crippen LogP contribution >= 0.6 is 11.3 Å². The Morgan fingerprint density at radius 1 is 1.29 bits per heavy atom. The van der Waals surface area contributed by atoms with Crippen molar-refractivity contribution in [3.63, 3.8) is 0 Å². The standard InChI is InChI=1S/C11H10FNS/c1-7-4-8(6-14-7)10-5-9(12)2-3-11(10)13/h2-6H,13H2,1H3. The van der Waals surface area contributed by atoms with Crippen molar-refractivity contribution in [1.29, 1.82) is 0 Å². The number of hydrogen-bond acceptors (Lipinski definition) is 2. The summed E-state index contributed by atoms with van der Waals surface area (Å²) >= 11 is 1.64. The van der Waals surface area contributed by atoms with E-state index in [4.69, 9.17) is 5.73 Å². The largest absolute Gasteiger partial charge is 0.398 e. The minimum atomic E-state index is -0.252. The molecule has 0 aliphatic carbocycles. The maximum absolute atomic E-state index is 13.0. The minimum absolute atomic E-state index is 0.252. The number of aryl methyl sites for hydroxylation is 1. The van der Waals surface area contributed by atoms with Crippen LogP contribution in [-0.4, -0.2) is 0 Å². The van der Waals surface area contributed by atoms with E-state index < -0.39 is 0 Å². The molecule has 2 rings (SSSR count). The summed E-state index contributed by atoms with van der Waals surface area (Å²) in [5.74, 6) is -0.252. The maximum Gasteiger partial charge on any atom is 0.123 e. The maximum atomic E-state index is 13.0. The van der Waals surface area contributed by atoms with E-state index in [-0.39, 0.29) is 5.82 Å². The Kier molecular flexibility index (Phi) is 2.25. The van der Waals surface area contributed by atoms with Gasteiger partial charge in [0.05, 0.1) is 0 Å². The number of thiophene rings is 1. The monoisotopic (exact) mass is 207 g/mol. The van der Waals surface area contributed by atoms with Crippen molar-refractivity contribution in [2.75, 3.05) is 5.73 Å². The molecule has 0 radical (unpaired) electrons. The SMILES string of the molecule is Cc1cc(-c2cc(F)ccc2N)cs1. The van der Waals surface area contributed by atoms with Crippen molar-refractivity contribution in [3.8, 4) is 11.1 Å². The number of nitrogens with two attached hydrogens (primary N) is 1. The van der Waals surface area contributed by atoms with E-state index in [0.717, 1.165) is 11.1 Å². The van der Waals surface area contributed by atoms with Gasteiger partial charge in [0, 0.05) is 16.1 Å². The Balaban J connectivity index is 2.55. The van der Waals surface area contributed by atoms with Gasteiger partial charge in [0.15, 0.2) is 0 Å². The lowest BCUT2D eigenvalue weighted by atomic mass is 10.1. The molecule has 14 heavy (non-hydrogen) atoms. The third-order valence-corrected chi connectivity index (χ3v) is 2.92. The van der Waals surface area contributed by atoms with Gasteiger partial charge in [-0.3, -0.25) is 0 Å². The van der Waals surface area contributed by atoms with E-state index in [9.17, 15) is 4.39 Å². The van der Waals surface area contributed by atoms with Crippen LogP contribution in [0.25, 0.3) is 11.1 Å². The van der Waals surface area contributed by atoms with Gasteiger partial charge in [0.2, 0.25) is 0 Å². The van der Waals surface area contributed by atoms with E-state index in [2.05, 4.69) is 0 Å². The smallest absolute Gasteiger partial charge is 0.123 e. The fourth-order valence-corrected chi connectivity index (χ4v) is 2.07. The van der Waals surface area contributed by atoms with Crippen LogP contribution in [0.1, 0.15) is 4.88 Å². The van der Waals surface area contributed by atoms with Crippen LogP contribution in [-0.2, 0) is 0 Å². The molecule has 1 nitrogen and oxygen atoms in total. The van der Waals surface area contributed by atoms with E-state index in [1.807, 2.05) is 18.4 Å². The summed E-state index contributed by atoms with van der Waals surface area (Å²) in [7, 11) is 0. The first-order chi connectivity index (χ1) is 6.66. The lowest BCUT2D eigenvalue weighted by Crippen LogP contribution is -1.89. The summed E-state index contributed by atoms with van der Waals surface area (Å²) in [5.41, 5.74) is 8.15. The van der Waals surface area contributed by atoms with E-state index in [1.165, 1.54) is 17.0 Å². The molecule has 0 amide bonds. The third kappa shape index (κ3) is 1.63. The Morgan fingerprint density at radius 2 is 2.07 bits per heavy atom. The Bertz CT molecular complexity index is 462. The Morgan fingerprint density at radius 3 is 2.71 bits per heavy atom. The molecule has 2 N–H and O–H groups in total. The van der Waals surface area contributed by atoms with Gasteiger partial charge in [-0.2, -0.15) is 0 Å². The Hall–Kier alpha value is -1.35. The van der Waals surface area contributed by atoms with Gasteiger partial charge in [-0.1, -0.05) is 0 Å². The molecule has 0 aliphatic rings. The molecule has 0 atom stereocenters. The first-order valence-corrected chi connectivity index (χ1v) is 5.15. The van der Waals surface area contributed by atoms with E-state index in [1.54, 1.807) is 17.4 Å². The summed E-state index contributed by atoms with van der Waals surface area (Å²) in [4.78, 5) is 1.20. The van der Waals surface area contributed by atoms with Gasteiger partial charge < -0.3 is 5.73 Å². The van der Waals surface area contributed by atoms with Gasteiger partial charge in [-0.05, 0) is 42.1 Å². The number of rotatable bonds is 1. The Labute approximate surface area is 86.0 Å². The van der Waals surface area contributed by atoms with Gasteiger partial charge in [0.1, 0.15) is 5.82 Å². The molecule has 0 aliphatic heterocycles. The van der Waals surface area contributed by atoms with Crippen LogP contribution in [0.5, 0.6) is 0 Å². The van der Waals surface area contributed by atoms with Crippen LogP contribution in [0.2, 0.25) is 0 Å². The van der Waals surface area contributed by atoms with E-state index in [0.29, 0.717) is 5.69 Å². The normalized spacial score (nSPS) is 10.4. The molecule has 0 fully saturated rings. The second kappa shape index (κ2) is 3.42. The van der Waals surface area contributed by atoms with Crippen LogP contribution in [0, 0.1) is 12.7 Å². The highest BCUT2D eigenvalue weighted by Crippen LogP contribution is 2.30. The van der Waals surface area contributed by atoms with Gasteiger partial charge in [-0.25, -0.2) is 4.39 Å². The topological polar surface area (TPSA) is 26.0 Å². The highest BCUT2D eigenvalue weighted by molar-refractivity contribution is 7.10. The first kappa shape index (κ1) is 9.21. The van der Waals surface area contributed by atoms with Crippen LogP contribution < -0.4 is 5.73 Å². The van der Waals surface area contributed by atoms with Crippen molar-refractivity contribution in [2.45, 2.75) is 6.92 Å². The van der Waals surface area contributed by atoms with Crippen molar-refractivity contribution < 1.29 is 4.39 Å². The van der Waals surface area contributed by atoms with Crippen molar-refractivity contribution >= 4 is 17.0 Å². The minimum Gasteiger partial charge on any atom is -0.398 e. The summed E-state index contributed by atoms with van der Waals surface area (Å²) in [6.07, 6.45) is 0. The number of hydrogen-bond donors (Lipinski definition) is 1. The zero-order valence-electron chi connectivity index (χ0n) is 7.75. The lowest BCUT2D eigenvalue weighted by Gasteiger charge is -2.02. The van der Waals surface area contributed by atoms with Gasteiger partial charge in [-0.15, -0.1) is 11.3 Å². The molecular formula is C11H10FNS. The lowest BCUT2D eigenvalue weighted by molar-refractivity contribution is 0.628. The molecule has 3 heteroatoms. The zero-order valence-corrected chi connectivity index (χ0v) is 8.57. The predicted octanol–water partition coefficient (Wildman–Crippen LogP) is 3.44. The van der Waals surface area contributed by atoms with Crippen molar-refractivity contribution in [2.24, 2.45) is 0 Å². The molecule has 0 saturated carbocycles. The number of benzene rings is 1. The van der Waals surface area contributed by atoms with Crippen LogP contribution in [0.3, 0.4) is 0 Å². The fraction of sp³-hybridized carbons (Fsp3) is 0.0909. The van der Waals surface area contributed by atoms with Gasteiger partial charge in [0.25, 0.3) is 0 Å². The molecule has 1 heterocycles. The molecule has 72 valence electrons. The molecule has 0 unspecified atom stereocenters. The molecule has 1 aromatic heterocycles. The summed E-state index contributed by atoms with van der Waals surface area (Å²) < 4.78 is 13.0. The fourth-order valence-electron chi connectivity index (χ4n) is 1.36. The average molecular weight is 207 g/mol. The summed E-state index contributed by atoms with van der Waals surface area (Å²) in [5, 5.41) is 1.99. The predicted molar refractivity (Wildman–Crippen MR) is 58.9 cm³/mol. The third-order valence-electron chi connectivity index (χ3n) is 2.06. The van der Waals surface area contributed by atoms with Gasteiger partial charge >= 0.3 is 0 Å². The number of halogens is 1. The zero-order chi connectivity index (χ0) is 10.1. The van der Waals surface area contributed by atoms with Crippen LogP contribution in [0.4, 0.5) is 10.1 Å². The second-order valence-electron chi connectivity index (χ2n) is 3.18. The van der Waals surface area contributed by atoms with Crippen molar-refractivity contribution in [1.82, 2.24) is 0 Å². The number of nitrogen functional groups attached to an aromatic ring is 1. The average Bonchev–Trinajstić information content (AvgIpc) is 2.56. The highest BCUT2D eigenvalue weighted by Gasteiger charge is 2.05. The second-order valence-corrected chi connectivity index (χ2v) is 4.29. The molecule has 0 saturated heterocycles. The quantitative estimate of drug-likeness (QED) is 0.712. The summed E-state index contributed by atoms with van der Waals surface area (Å²) in [6.45, 7) is 2.02. The van der Waals surface area contributed by atoms with E-state index >= 15 is 0 Å². The molecular weight excluding hydrogens is 197 g/mol. The molecule has 0 bridgehead atoms. The highest BCUT2D eigenvalue weighted by atomic mass is 32.1. The molecule has 0 spiro atoms. The van der Waals surface area contributed by atoms with Crippen molar-refractivity contribution in [3.05, 3.63) is 40.3 Å². The first-order valence-electron chi connectivity index (χ1n) is 4.27. The molecule has 2 aromatic rings.